The molecule has 2 heterocycles. The number of hydrogen-bond donors (Lipinski definition) is 2. The predicted molar refractivity (Wildman–Crippen MR) is 118 cm³/mol. The van der Waals surface area contributed by atoms with Crippen LogP contribution in [0.1, 0.15) is 45.8 Å². The molecule has 31 heavy (non-hydrogen) atoms. The number of fused-ring (bicyclic) bond motifs is 1. The van der Waals surface area contributed by atoms with Gasteiger partial charge in [-0.25, -0.2) is 9.59 Å². The zero-order valence-corrected chi connectivity index (χ0v) is 18.2. The smallest absolute Gasteiger partial charge is 0.355 e. The van der Waals surface area contributed by atoms with Gasteiger partial charge in [0.05, 0.1) is 0 Å². The summed E-state index contributed by atoms with van der Waals surface area (Å²) < 4.78 is 7.15. The maximum atomic E-state index is 12.7. The molecule has 0 aliphatic rings. The molecular formula is C22H26N4O5. The highest BCUT2D eigenvalue weighted by Gasteiger charge is 2.23. The molecular weight excluding hydrogens is 400 g/mol. The predicted octanol–water partition coefficient (Wildman–Crippen LogP) is 1.92. The van der Waals surface area contributed by atoms with Crippen molar-refractivity contribution in [3.63, 3.8) is 0 Å². The molecule has 0 unspecified atom stereocenters. The Morgan fingerprint density at radius 3 is 2.48 bits per heavy atom. The fourth-order valence-corrected chi connectivity index (χ4v) is 3.58. The number of Topliss-reactive ketones (excluding diaryl/α,β-unsaturated/α-hetero) is 1. The van der Waals surface area contributed by atoms with E-state index in [-0.39, 0.29) is 29.5 Å². The van der Waals surface area contributed by atoms with Crippen molar-refractivity contribution in [3.05, 3.63) is 61.4 Å². The molecule has 0 spiro atoms. The van der Waals surface area contributed by atoms with Gasteiger partial charge in [0.25, 0.3) is 5.56 Å². The SMILES string of the molecule is Cc1cc(C)c2cc(C(=O)OCC(=O)c3c(N)n(CC(C)C)c(=O)n(C)c3=O)[nH]c2c1. The number of rotatable bonds is 6. The number of anilines is 1. The molecule has 0 bridgehead atoms. The lowest BCUT2D eigenvalue weighted by atomic mass is 10.1. The minimum Gasteiger partial charge on any atom is -0.453 e. The van der Waals surface area contributed by atoms with E-state index in [1.165, 1.54) is 11.6 Å². The Labute approximate surface area is 178 Å². The van der Waals surface area contributed by atoms with Crippen LogP contribution in [-0.2, 0) is 18.3 Å². The van der Waals surface area contributed by atoms with Crippen LogP contribution in [0.5, 0.6) is 0 Å². The molecule has 164 valence electrons. The normalized spacial score (nSPS) is 11.3. The second-order valence-electron chi connectivity index (χ2n) is 8.14. The van der Waals surface area contributed by atoms with Crippen LogP contribution in [0, 0.1) is 19.8 Å². The number of nitrogens with two attached hydrogens (primary N) is 1. The summed E-state index contributed by atoms with van der Waals surface area (Å²) in [6.45, 7) is 7.21. The second-order valence-corrected chi connectivity index (χ2v) is 8.14. The third kappa shape index (κ3) is 4.16. The quantitative estimate of drug-likeness (QED) is 0.458. The van der Waals surface area contributed by atoms with Crippen molar-refractivity contribution in [3.8, 4) is 0 Å². The first-order valence-corrected chi connectivity index (χ1v) is 9.90. The molecule has 3 aromatic rings. The van der Waals surface area contributed by atoms with Crippen LogP contribution in [0.15, 0.2) is 27.8 Å². The van der Waals surface area contributed by atoms with Crippen molar-refractivity contribution in [2.45, 2.75) is 34.2 Å². The highest BCUT2D eigenvalue weighted by molar-refractivity contribution is 6.02. The van der Waals surface area contributed by atoms with Gasteiger partial charge >= 0.3 is 11.7 Å². The summed E-state index contributed by atoms with van der Waals surface area (Å²) >= 11 is 0. The summed E-state index contributed by atoms with van der Waals surface area (Å²) in [6.07, 6.45) is 0. The Hall–Kier alpha value is -3.62. The molecule has 0 saturated heterocycles. The molecule has 0 atom stereocenters. The molecule has 0 aliphatic carbocycles. The van der Waals surface area contributed by atoms with Gasteiger partial charge in [-0.3, -0.25) is 18.7 Å². The fourth-order valence-electron chi connectivity index (χ4n) is 3.58. The van der Waals surface area contributed by atoms with Crippen LogP contribution >= 0.6 is 0 Å². The van der Waals surface area contributed by atoms with Crippen LogP contribution in [-0.4, -0.2) is 32.5 Å². The number of nitrogen functional groups attached to an aromatic ring is 1. The van der Waals surface area contributed by atoms with Gasteiger partial charge in [-0.15, -0.1) is 0 Å². The van der Waals surface area contributed by atoms with E-state index in [9.17, 15) is 19.2 Å². The van der Waals surface area contributed by atoms with Gasteiger partial charge in [0.1, 0.15) is 17.1 Å². The minimum absolute atomic E-state index is 0.0624. The Morgan fingerprint density at radius 2 is 1.84 bits per heavy atom. The first kappa shape index (κ1) is 22.1. The molecule has 1 aromatic carbocycles. The van der Waals surface area contributed by atoms with Crippen molar-refractivity contribution < 1.29 is 14.3 Å². The lowest BCUT2D eigenvalue weighted by Gasteiger charge is -2.16. The zero-order valence-electron chi connectivity index (χ0n) is 18.2. The summed E-state index contributed by atoms with van der Waals surface area (Å²) in [6, 6.07) is 5.57. The zero-order chi connectivity index (χ0) is 23.0. The number of aromatic amines is 1. The summed E-state index contributed by atoms with van der Waals surface area (Å²) in [7, 11) is 1.28. The van der Waals surface area contributed by atoms with E-state index in [0.29, 0.717) is 0 Å². The van der Waals surface area contributed by atoms with E-state index >= 15 is 0 Å². The monoisotopic (exact) mass is 426 g/mol. The molecule has 3 rings (SSSR count). The molecule has 0 fully saturated rings. The van der Waals surface area contributed by atoms with Gasteiger partial charge in [0.2, 0.25) is 5.78 Å². The fraction of sp³-hybridized carbons (Fsp3) is 0.364. The molecule has 9 heteroatoms. The first-order valence-electron chi connectivity index (χ1n) is 9.90. The number of ether oxygens (including phenoxy) is 1. The lowest BCUT2D eigenvalue weighted by molar-refractivity contribution is 0.0469. The third-order valence-electron chi connectivity index (χ3n) is 5.05. The van der Waals surface area contributed by atoms with E-state index in [1.54, 1.807) is 6.07 Å². The molecule has 3 N–H and O–H groups in total. The van der Waals surface area contributed by atoms with Crippen LogP contribution in [0.4, 0.5) is 5.82 Å². The first-order chi connectivity index (χ1) is 14.5. The standard InChI is InChI=1S/C22H26N4O5/c1-11(2)9-26-19(23)18(20(28)25(5)22(26)30)17(27)10-31-21(29)16-8-14-13(4)6-12(3)7-15(14)24-16/h6-8,11,24H,9-10,23H2,1-5H3. The summed E-state index contributed by atoms with van der Waals surface area (Å²) in [5.74, 6) is -1.66. The number of nitrogens with zero attached hydrogens (tertiary/aromatic N) is 2. The Balaban J connectivity index is 1.86. The Bertz CT molecular complexity index is 1310. The summed E-state index contributed by atoms with van der Waals surface area (Å²) in [5.41, 5.74) is 7.23. The largest absolute Gasteiger partial charge is 0.453 e. The number of aryl methyl sites for hydroxylation is 2. The van der Waals surface area contributed by atoms with Crippen molar-refractivity contribution in [2.24, 2.45) is 13.0 Å². The maximum Gasteiger partial charge on any atom is 0.355 e. The van der Waals surface area contributed by atoms with Gasteiger partial charge in [0.15, 0.2) is 6.61 Å². The van der Waals surface area contributed by atoms with E-state index in [1.807, 2.05) is 39.8 Å². The van der Waals surface area contributed by atoms with Crippen LogP contribution in [0.25, 0.3) is 10.9 Å². The number of ketones is 1. The van der Waals surface area contributed by atoms with Crippen molar-refractivity contribution in [1.29, 1.82) is 0 Å². The Morgan fingerprint density at radius 1 is 1.16 bits per heavy atom. The number of carbonyl (C=O) groups is 2. The number of benzene rings is 1. The van der Waals surface area contributed by atoms with Gasteiger partial charge in [-0.2, -0.15) is 0 Å². The summed E-state index contributed by atoms with van der Waals surface area (Å²) in [5, 5.41) is 0.878. The minimum atomic E-state index is -0.819. The molecule has 0 amide bonds. The molecule has 0 aliphatic heterocycles. The van der Waals surface area contributed by atoms with Crippen LogP contribution < -0.4 is 17.0 Å². The highest BCUT2D eigenvalue weighted by atomic mass is 16.5. The maximum absolute atomic E-state index is 12.7. The number of esters is 1. The number of aromatic nitrogens is 3. The van der Waals surface area contributed by atoms with E-state index < -0.39 is 29.6 Å². The summed E-state index contributed by atoms with van der Waals surface area (Å²) in [4.78, 5) is 53.0. The van der Waals surface area contributed by atoms with Crippen LogP contribution in [0.2, 0.25) is 0 Å². The second kappa shape index (κ2) is 8.25. The molecule has 9 nitrogen and oxygen atoms in total. The highest BCUT2D eigenvalue weighted by Crippen LogP contribution is 2.22. The average molecular weight is 426 g/mol. The van der Waals surface area contributed by atoms with Crippen molar-refractivity contribution in [2.75, 3.05) is 12.3 Å². The van der Waals surface area contributed by atoms with E-state index in [4.69, 9.17) is 10.5 Å². The van der Waals surface area contributed by atoms with Gasteiger partial charge in [-0.05, 0) is 43.0 Å². The third-order valence-corrected chi connectivity index (χ3v) is 5.05. The topological polar surface area (TPSA) is 129 Å². The number of hydrogen-bond acceptors (Lipinski definition) is 6. The van der Waals surface area contributed by atoms with Gasteiger partial charge < -0.3 is 15.5 Å². The number of nitrogens with one attached hydrogen (secondary N) is 1. The van der Waals surface area contributed by atoms with E-state index in [0.717, 1.165) is 26.6 Å². The van der Waals surface area contributed by atoms with E-state index in [2.05, 4.69) is 4.98 Å². The lowest BCUT2D eigenvalue weighted by Crippen LogP contribution is -2.43. The van der Waals surface area contributed by atoms with Crippen molar-refractivity contribution >= 4 is 28.5 Å². The Kier molecular flexibility index (Phi) is 5.88. The molecule has 0 saturated carbocycles. The van der Waals surface area contributed by atoms with Crippen LogP contribution in [0.3, 0.4) is 0 Å². The van der Waals surface area contributed by atoms with Gasteiger partial charge in [0, 0.05) is 24.5 Å². The van der Waals surface area contributed by atoms with Gasteiger partial charge in [-0.1, -0.05) is 19.9 Å². The average Bonchev–Trinajstić information content (AvgIpc) is 3.12. The number of carbonyl (C=O) groups excluding carboxylic acids is 2. The number of H-pyrrole nitrogens is 1. The molecule has 0 radical (unpaired) electrons. The molecule has 2 aromatic heterocycles. The van der Waals surface area contributed by atoms with Crippen molar-refractivity contribution in [1.82, 2.24) is 14.1 Å².